The minimum absolute atomic E-state index is 0.0546. The van der Waals surface area contributed by atoms with E-state index in [1.807, 2.05) is 0 Å². The molecule has 0 saturated carbocycles. The van der Waals surface area contributed by atoms with E-state index in [0.29, 0.717) is 22.6 Å². The number of aliphatic hydroxyl groups is 1. The Hall–Kier alpha value is -4.03. The zero-order chi connectivity index (χ0) is 26.6. The average Bonchev–Trinajstić information content (AvgIpc) is 3.36. The standard InChI is InChI=1S/C28H25F3N2O4/c1-36-23-10-8-22(9-11-23)25(34)33-15-14-27(17-33,26(35)28(29,30)31)18-37-24-12-6-21(7-13-24)20-4-2-19(16-32)3-5-20/h2-13,26,35H,14-15,17-18H2,1H3. The normalized spacial score (nSPS) is 18.2. The zero-order valence-electron chi connectivity index (χ0n) is 20.0. The minimum Gasteiger partial charge on any atom is -0.497 e. The molecule has 0 aromatic heterocycles. The van der Waals surface area contributed by atoms with Gasteiger partial charge in [0, 0.05) is 18.7 Å². The lowest BCUT2D eigenvalue weighted by atomic mass is 9.81. The summed E-state index contributed by atoms with van der Waals surface area (Å²) in [6, 6.07) is 22.1. The molecular formula is C28H25F3N2O4. The number of aliphatic hydroxyl groups excluding tert-OH is 1. The van der Waals surface area contributed by atoms with Crippen LogP contribution < -0.4 is 9.47 Å². The summed E-state index contributed by atoms with van der Waals surface area (Å²) in [6.07, 6.45) is -7.60. The van der Waals surface area contributed by atoms with Crippen molar-refractivity contribution in [2.75, 3.05) is 26.8 Å². The number of amides is 1. The van der Waals surface area contributed by atoms with Gasteiger partial charge in [-0.1, -0.05) is 24.3 Å². The fourth-order valence-electron chi connectivity index (χ4n) is 4.46. The molecule has 2 unspecified atom stereocenters. The van der Waals surface area contributed by atoms with Crippen LogP contribution in [0.1, 0.15) is 22.3 Å². The Labute approximate surface area is 212 Å². The molecule has 3 aromatic rings. The van der Waals surface area contributed by atoms with Crippen LogP contribution in [-0.4, -0.2) is 55.0 Å². The van der Waals surface area contributed by atoms with E-state index in [2.05, 4.69) is 6.07 Å². The lowest BCUT2D eigenvalue weighted by Gasteiger charge is -2.35. The van der Waals surface area contributed by atoms with E-state index in [0.717, 1.165) is 11.1 Å². The van der Waals surface area contributed by atoms with Crippen molar-refractivity contribution in [3.8, 4) is 28.7 Å². The molecule has 3 aromatic carbocycles. The van der Waals surface area contributed by atoms with Crippen molar-refractivity contribution in [1.82, 2.24) is 4.90 Å². The maximum absolute atomic E-state index is 13.7. The zero-order valence-corrected chi connectivity index (χ0v) is 20.0. The van der Waals surface area contributed by atoms with E-state index in [9.17, 15) is 23.1 Å². The molecule has 4 rings (SSSR count). The number of likely N-dealkylation sites (tertiary alicyclic amines) is 1. The number of carbonyl (C=O) groups excluding carboxylic acids is 1. The summed E-state index contributed by atoms with van der Waals surface area (Å²) in [5, 5.41) is 19.2. The number of benzene rings is 3. The second-order valence-electron chi connectivity index (χ2n) is 9.01. The highest BCUT2D eigenvalue weighted by molar-refractivity contribution is 5.94. The van der Waals surface area contributed by atoms with Crippen LogP contribution >= 0.6 is 0 Å². The second-order valence-corrected chi connectivity index (χ2v) is 9.01. The number of halogens is 3. The molecule has 192 valence electrons. The lowest BCUT2D eigenvalue weighted by Crippen LogP contribution is -2.50. The first-order valence-electron chi connectivity index (χ1n) is 11.6. The number of ether oxygens (including phenoxy) is 2. The van der Waals surface area contributed by atoms with E-state index in [1.54, 1.807) is 72.8 Å². The van der Waals surface area contributed by atoms with Gasteiger partial charge in [0.05, 0.1) is 30.8 Å². The quantitative estimate of drug-likeness (QED) is 0.480. The second kappa shape index (κ2) is 10.5. The Morgan fingerprint density at radius 1 is 1.03 bits per heavy atom. The number of hydrogen-bond acceptors (Lipinski definition) is 5. The topological polar surface area (TPSA) is 82.8 Å². The summed E-state index contributed by atoms with van der Waals surface area (Å²) < 4.78 is 51.8. The molecule has 1 saturated heterocycles. The number of hydrogen-bond donors (Lipinski definition) is 1. The molecule has 9 heteroatoms. The van der Waals surface area contributed by atoms with E-state index in [4.69, 9.17) is 14.7 Å². The summed E-state index contributed by atoms with van der Waals surface area (Å²) in [6.45, 7) is -0.670. The van der Waals surface area contributed by atoms with E-state index in [1.165, 1.54) is 12.0 Å². The van der Waals surface area contributed by atoms with Gasteiger partial charge in [0.25, 0.3) is 5.91 Å². The largest absolute Gasteiger partial charge is 0.497 e. The molecule has 1 heterocycles. The number of nitriles is 1. The third-order valence-electron chi connectivity index (χ3n) is 6.63. The van der Waals surface area contributed by atoms with E-state index < -0.39 is 30.2 Å². The number of methoxy groups -OCH3 is 1. The molecule has 0 aliphatic carbocycles. The predicted molar refractivity (Wildman–Crippen MR) is 130 cm³/mol. The van der Waals surface area contributed by atoms with Crippen molar-refractivity contribution in [1.29, 1.82) is 5.26 Å². The van der Waals surface area contributed by atoms with Gasteiger partial charge in [-0.2, -0.15) is 18.4 Å². The molecule has 37 heavy (non-hydrogen) atoms. The Morgan fingerprint density at radius 3 is 2.14 bits per heavy atom. The van der Waals surface area contributed by atoms with Crippen LogP contribution in [0.15, 0.2) is 72.8 Å². The first-order valence-corrected chi connectivity index (χ1v) is 11.6. The number of alkyl halides is 3. The summed E-state index contributed by atoms with van der Waals surface area (Å²) in [5.41, 5.74) is 0.856. The molecule has 1 aliphatic heterocycles. The van der Waals surface area contributed by atoms with Gasteiger partial charge >= 0.3 is 6.18 Å². The predicted octanol–water partition coefficient (Wildman–Crippen LogP) is 5.07. The van der Waals surface area contributed by atoms with Crippen LogP contribution in [-0.2, 0) is 0 Å². The SMILES string of the molecule is COc1ccc(C(=O)N2CCC(COc3ccc(-c4ccc(C#N)cc4)cc3)(C(O)C(F)(F)F)C2)cc1. The molecule has 2 atom stereocenters. The Morgan fingerprint density at radius 2 is 1.59 bits per heavy atom. The molecular weight excluding hydrogens is 485 g/mol. The van der Waals surface area contributed by atoms with Crippen LogP contribution in [0.3, 0.4) is 0 Å². The highest BCUT2D eigenvalue weighted by Gasteiger charge is 2.56. The van der Waals surface area contributed by atoms with Crippen LogP contribution in [0.25, 0.3) is 11.1 Å². The summed E-state index contributed by atoms with van der Waals surface area (Å²) in [7, 11) is 1.49. The molecule has 0 spiro atoms. The molecule has 0 bridgehead atoms. The number of carbonyl (C=O) groups is 1. The molecule has 1 N–H and O–H groups in total. The van der Waals surface area contributed by atoms with Gasteiger partial charge in [-0.05, 0) is 66.1 Å². The van der Waals surface area contributed by atoms with Gasteiger partial charge in [-0.15, -0.1) is 0 Å². The maximum Gasteiger partial charge on any atom is 0.415 e. The molecule has 0 radical (unpaired) electrons. The van der Waals surface area contributed by atoms with Gasteiger partial charge < -0.3 is 19.5 Å². The van der Waals surface area contributed by atoms with Gasteiger partial charge in [0.15, 0.2) is 6.10 Å². The van der Waals surface area contributed by atoms with Crippen molar-refractivity contribution in [3.63, 3.8) is 0 Å². The summed E-state index contributed by atoms with van der Waals surface area (Å²) >= 11 is 0. The maximum atomic E-state index is 13.7. The average molecular weight is 511 g/mol. The summed E-state index contributed by atoms with van der Waals surface area (Å²) in [5.74, 6) is 0.468. The lowest BCUT2D eigenvalue weighted by molar-refractivity contribution is -0.241. The van der Waals surface area contributed by atoms with Crippen LogP contribution in [0.2, 0.25) is 0 Å². The number of nitrogens with zero attached hydrogens (tertiary/aromatic N) is 2. The Balaban J connectivity index is 1.49. The first-order chi connectivity index (χ1) is 17.6. The van der Waals surface area contributed by atoms with Crippen LogP contribution in [0.5, 0.6) is 11.5 Å². The van der Waals surface area contributed by atoms with Crippen molar-refractivity contribution in [2.24, 2.45) is 5.41 Å². The molecule has 1 fully saturated rings. The molecule has 1 aliphatic rings. The van der Waals surface area contributed by atoms with Gasteiger partial charge in [0.2, 0.25) is 0 Å². The van der Waals surface area contributed by atoms with Crippen molar-refractivity contribution in [3.05, 3.63) is 83.9 Å². The van der Waals surface area contributed by atoms with Gasteiger partial charge in [0.1, 0.15) is 11.5 Å². The van der Waals surface area contributed by atoms with Gasteiger partial charge in [-0.25, -0.2) is 0 Å². The third kappa shape index (κ3) is 5.70. The third-order valence-corrected chi connectivity index (χ3v) is 6.63. The minimum atomic E-state index is -4.87. The fourth-order valence-corrected chi connectivity index (χ4v) is 4.46. The van der Waals surface area contributed by atoms with Crippen molar-refractivity contribution >= 4 is 5.91 Å². The van der Waals surface area contributed by atoms with E-state index in [-0.39, 0.29) is 19.5 Å². The highest BCUT2D eigenvalue weighted by Crippen LogP contribution is 2.42. The number of rotatable bonds is 7. The van der Waals surface area contributed by atoms with Crippen molar-refractivity contribution in [2.45, 2.75) is 18.7 Å². The Kier molecular flexibility index (Phi) is 7.41. The van der Waals surface area contributed by atoms with Gasteiger partial charge in [-0.3, -0.25) is 4.79 Å². The van der Waals surface area contributed by atoms with Crippen LogP contribution in [0, 0.1) is 16.7 Å². The monoisotopic (exact) mass is 510 g/mol. The molecule has 1 amide bonds. The van der Waals surface area contributed by atoms with E-state index >= 15 is 0 Å². The highest BCUT2D eigenvalue weighted by atomic mass is 19.4. The van der Waals surface area contributed by atoms with Crippen LogP contribution in [0.4, 0.5) is 13.2 Å². The summed E-state index contributed by atoms with van der Waals surface area (Å²) in [4.78, 5) is 14.3. The fraction of sp³-hybridized carbons (Fsp3) is 0.286. The Bertz CT molecular complexity index is 1270. The first kappa shape index (κ1) is 26.0. The van der Waals surface area contributed by atoms with Crippen molar-refractivity contribution < 1.29 is 32.5 Å². The smallest absolute Gasteiger partial charge is 0.415 e. The molecule has 6 nitrogen and oxygen atoms in total.